The van der Waals surface area contributed by atoms with Crippen LogP contribution in [0.25, 0.3) is 0 Å². The van der Waals surface area contributed by atoms with Crippen molar-refractivity contribution < 1.29 is 0 Å². The van der Waals surface area contributed by atoms with Crippen molar-refractivity contribution in [1.82, 2.24) is 5.32 Å². The van der Waals surface area contributed by atoms with E-state index in [1.807, 2.05) is 24.3 Å². The number of nitriles is 1. The number of benzene rings is 1. The summed E-state index contributed by atoms with van der Waals surface area (Å²) in [6, 6.07) is 9.98. The molecule has 1 rings (SSSR count). The Balaban J connectivity index is 2.55. The normalized spacial score (nSPS) is 11.5. The highest BCUT2D eigenvalue weighted by atomic mass is 14.9. The molecule has 0 fully saturated rings. The van der Waals surface area contributed by atoms with Gasteiger partial charge < -0.3 is 5.32 Å². The maximum Gasteiger partial charge on any atom is 0.0995 e. The highest BCUT2D eigenvalue weighted by molar-refractivity contribution is 5.37. The molecule has 0 saturated carbocycles. The molecule has 17 heavy (non-hydrogen) atoms. The van der Waals surface area contributed by atoms with Crippen LogP contribution in [0.3, 0.4) is 0 Å². The van der Waals surface area contributed by atoms with E-state index in [1.54, 1.807) is 0 Å². The molecule has 0 amide bonds. The maximum absolute atomic E-state index is 8.99. The lowest BCUT2D eigenvalue weighted by molar-refractivity contribution is 0.238. The zero-order valence-electron chi connectivity index (χ0n) is 11.2. The van der Waals surface area contributed by atoms with E-state index in [2.05, 4.69) is 39.1 Å². The first-order chi connectivity index (χ1) is 7.97. The second-order valence-electron chi connectivity index (χ2n) is 5.52. The summed E-state index contributed by atoms with van der Waals surface area (Å²) in [4.78, 5) is 0. The van der Waals surface area contributed by atoms with Crippen LogP contribution in [-0.2, 0) is 6.54 Å². The Labute approximate surface area is 105 Å². The Bertz CT molecular complexity index is 400. The number of nitrogens with one attached hydrogen (secondary N) is 1. The van der Waals surface area contributed by atoms with Crippen molar-refractivity contribution in [3.63, 3.8) is 0 Å². The lowest BCUT2D eigenvalue weighted by Crippen LogP contribution is -2.33. The lowest BCUT2D eigenvalue weighted by Gasteiger charge is -2.29. The van der Waals surface area contributed by atoms with Gasteiger partial charge in [-0.3, -0.25) is 0 Å². The quantitative estimate of drug-likeness (QED) is 0.842. The van der Waals surface area contributed by atoms with Crippen LogP contribution < -0.4 is 5.32 Å². The molecule has 1 aromatic carbocycles. The number of hydrogen-bond acceptors (Lipinski definition) is 2. The number of hydrogen-bond donors (Lipinski definition) is 1. The third-order valence-corrected chi connectivity index (χ3v) is 3.60. The van der Waals surface area contributed by atoms with Gasteiger partial charge in [0.2, 0.25) is 0 Å². The smallest absolute Gasteiger partial charge is 0.0995 e. The van der Waals surface area contributed by atoms with Crippen LogP contribution in [0.2, 0.25) is 0 Å². The molecule has 2 nitrogen and oxygen atoms in total. The fourth-order valence-electron chi connectivity index (χ4n) is 1.51. The molecule has 0 radical (unpaired) electrons. The van der Waals surface area contributed by atoms with Gasteiger partial charge in [0.25, 0.3) is 0 Å². The minimum atomic E-state index is 0.279. The molecule has 1 aromatic rings. The zero-order valence-corrected chi connectivity index (χ0v) is 11.2. The number of nitrogens with zero attached hydrogens (tertiary/aromatic N) is 1. The van der Waals surface area contributed by atoms with Gasteiger partial charge in [-0.05, 0) is 23.0 Å². The fourth-order valence-corrected chi connectivity index (χ4v) is 1.51. The van der Waals surface area contributed by atoms with Crippen LogP contribution in [0.15, 0.2) is 24.3 Å². The predicted octanol–water partition coefficient (Wildman–Crippen LogP) is 3.33. The molecule has 0 aromatic heterocycles. The summed E-state index contributed by atoms with van der Waals surface area (Å²) in [5.41, 5.74) is 2.12. The van der Waals surface area contributed by atoms with Crippen molar-refractivity contribution in [3.8, 4) is 6.07 Å². The largest absolute Gasteiger partial charge is 0.312 e. The Kier molecular flexibility index (Phi) is 4.72. The van der Waals surface area contributed by atoms with E-state index in [9.17, 15) is 0 Å². The van der Waals surface area contributed by atoms with Crippen molar-refractivity contribution in [1.29, 1.82) is 5.26 Å². The average Bonchev–Trinajstić information content (AvgIpc) is 2.29. The third-order valence-electron chi connectivity index (χ3n) is 3.60. The van der Waals surface area contributed by atoms with Gasteiger partial charge >= 0.3 is 0 Å². The molecule has 0 atom stereocenters. The Hall–Kier alpha value is -1.33. The van der Waals surface area contributed by atoms with Gasteiger partial charge in [-0.25, -0.2) is 0 Å². The van der Waals surface area contributed by atoms with Crippen LogP contribution in [0.4, 0.5) is 0 Å². The average molecular weight is 230 g/mol. The summed E-state index contributed by atoms with van der Waals surface area (Å²) in [5, 5.41) is 12.4. The van der Waals surface area contributed by atoms with Gasteiger partial charge in [0.1, 0.15) is 0 Å². The highest BCUT2D eigenvalue weighted by Gasteiger charge is 2.21. The second-order valence-corrected chi connectivity index (χ2v) is 5.52. The SMILES string of the molecule is CC(C)C(C)(C)CNCc1ccccc1C#N. The fraction of sp³-hybridized carbons (Fsp3) is 0.533. The van der Waals surface area contributed by atoms with E-state index >= 15 is 0 Å². The van der Waals surface area contributed by atoms with Crippen LogP contribution in [-0.4, -0.2) is 6.54 Å². The van der Waals surface area contributed by atoms with E-state index in [1.165, 1.54) is 0 Å². The van der Waals surface area contributed by atoms with Crippen molar-refractivity contribution in [3.05, 3.63) is 35.4 Å². The van der Waals surface area contributed by atoms with Crippen LogP contribution in [0.1, 0.15) is 38.8 Å². The molecule has 92 valence electrons. The number of rotatable bonds is 5. The van der Waals surface area contributed by atoms with Gasteiger partial charge in [0, 0.05) is 13.1 Å². The van der Waals surface area contributed by atoms with Gasteiger partial charge in [0.15, 0.2) is 0 Å². The van der Waals surface area contributed by atoms with E-state index in [4.69, 9.17) is 5.26 Å². The molecule has 0 saturated heterocycles. The van der Waals surface area contributed by atoms with Crippen molar-refractivity contribution in [2.45, 2.75) is 34.2 Å². The summed E-state index contributed by atoms with van der Waals surface area (Å²) < 4.78 is 0. The minimum absolute atomic E-state index is 0.279. The molecular weight excluding hydrogens is 208 g/mol. The molecule has 0 aliphatic carbocycles. The van der Waals surface area contributed by atoms with E-state index < -0.39 is 0 Å². The maximum atomic E-state index is 8.99. The molecule has 0 bridgehead atoms. The first-order valence-electron chi connectivity index (χ1n) is 6.16. The van der Waals surface area contributed by atoms with Crippen LogP contribution >= 0.6 is 0 Å². The van der Waals surface area contributed by atoms with E-state index in [0.717, 1.165) is 24.2 Å². The van der Waals surface area contributed by atoms with Crippen molar-refractivity contribution in [2.24, 2.45) is 11.3 Å². The monoisotopic (exact) mass is 230 g/mol. The van der Waals surface area contributed by atoms with Gasteiger partial charge in [-0.15, -0.1) is 0 Å². The van der Waals surface area contributed by atoms with Crippen molar-refractivity contribution >= 4 is 0 Å². The predicted molar refractivity (Wildman–Crippen MR) is 71.5 cm³/mol. The molecule has 2 heteroatoms. The topological polar surface area (TPSA) is 35.8 Å². The standard InChI is InChI=1S/C15H22N2/c1-12(2)15(3,4)11-17-10-14-8-6-5-7-13(14)9-16/h5-8,12,17H,10-11H2,1-4H3. The summed E-state index contributed by atoms with van der Waals surface area (Å²) in [6.45, 7) is 10.7. The Morgan fingerprint density at radius 1 is 1.29 bits per heavy atom. The van der Waals surface area contributed by atoms with Crippen LogP contribution in [0.5, 0.6) is 0 Å². The van der Waals surface area contributed by atoms with Crippen molar-refractivity contribution in [2.75, 3.05) is 6.54 Å². The minimum Gasteiger partial charge on any atom is -0.312 e. The summed E-state index contributed by atoms with van der Waals surface area (Å²) in [6.07, 6.45) is 0. The van der Waals surface area contributed by atoms with Gasteiger partial charge in [-0.2, -0.15) is 5.26 Å². The Morgan fingerprint density at radius 2 is 1.94 bits per heavy atom. The third kappa shape index (κ3) is 3.87. The Morgan fingerprint density at radius 3 is 2.53 bits per heavy atom. The first kappa shape index (κ1) is 13.7. The van der Waals surface area contributed by atoms with E-state index in [0.29, 0.717) is 5.92 Å². The summed E-state index contributed by atoms with van der Waals surface area (Å²) >= 11 is 0. The molecular formula is C15H22N2. The first-order valence-corrected chi connectivity index (χ1v) is 6.16. The lowest BCUT2D eigenvalue weighted by atomic mass is 9.81. The molecule has 0 heterocycles. The summed E-state index contributed by atoms with van der Waals surface area (Å²) in [7, 11) is 0. The molecule has 0 unspecified atom stereocenters. The van der Waals surface area contributed by atoms with Gasteiger partial charge in [-0.1, -0.05) is 45.9 Å². The molecule has 0 spiro atoms. The zero-order chi connectivity index (χ0) is 12.9. The summed E-state index contributed by atoms with van der Waals surface area (Å²) in [5.74, 6) is 0.640. The van der Waals surface area contributed by atoms with E-state index in [-0.39, 0.29) is 5.41 Å². The molecule has 0 aliphatic heterocycles. The van der Waals surface area contributed by atoms with Gasteiger partial charge in [0.05, 0.1) is 11.6 Å². The van der Waals surface area contributed by atoms with Crippen LogP contribution in [0, 0.1) is 22.7 Å². The highest BCUT2D eigenvalue weighted by Crippen LogP contribution is 2.24. The molecule has 0 aliphatic rings. The molecule has 1 N–H and O–H groups in total. The second kappa shape index (κ2) is 5.84.